The number of hydrogen-bond acceptors (Lipinski definition) is 4. The maximum Gasteiger partial charge on any atom is 0.264 e. The Bertz CT molecular complexity index is 1210. The van der Waals surface area contributed by atoms with E-state index in [0.717, 1.165) is 5.69 Å². The van der Waals surface area contributed by atoms with Crippen molar-refractivity contribution in [3.05, 3.63) is 89.4 Å². The molecule has 8 heteroatoms. The van der Waals surface area contributed by atoms with Gasteiger partial charge >= 0.3 is 0 Å². The Balaban J connectivity index is 1.49. The lowest BCUT2D eigenvalue weighted by molar-refractivity contribution is 0.0746. The molecule has 0 N–H and O–H groups in total. The first kappa shape index (κ1) is 22.2. The van der Waals surface area contributed by atoms with Gasteiger partial charge in [-0.2, -0.15) is 0 Å². The van der Waals surface area contributed by atoms with Gasteiger partial charge in [-0.3, -0.25) is 9.10 Å². The molecule has 0 unspecified atom stereocenters. The van der Waals surface area contributed by atoms with E-state index >= 15 is 0 Å². The Morgan fingerprint density at radius 3 is 2.22 bits per heavy atom. The molecule has 4 rings (SSSR count). The topological polar surface area (TPSA) is 60.9 Å². The lowest BCUT2D eigenvalue weighted by Crippen LogP contribution is -2.48. The van der Waals surface area contributed by atoms with Crippen LogP contribution in [-0.4, -0.2) is 52.5 Å². The lowest BCUT2D eigenvalue weighted by Gasteiger charge is -2.36. The third-order valence-electron chi connectivity index (χ3n) is 5.62. The molecule has 0 radical (unpaired) electrons. The van der Waals surface area contributed by atoms with Gasteiger partial charge in [-0.15, -0.1) is 0 Å². The van der Waals surface area contributed by atoms with Crippen LogP contribution in [0.1, 0.15) is 10.4 Å². The van der Waals surface area contributed by atoms with Gasteiger partial charge in [0.15, 0.2) is 0 Å². The van der Waals surface area contributed by atoms with Crippen molar-refractivity contribution in [1.29, 1.82) is 0 Å². The van der Waals surface area contributed by atoms with E-state index in [1.807, 2.05) is 30.3 Å². The molecule has 1 aliphatic heterocycles. The van der Waals surface area contributed by atoms with Crippen LogP contribution >= 0.6 is 11.6 Å². The van der Waals surface area contributed by atoms with Crippen LogP contribution in [0.5, 0.6) is 0 Å². The van der Waals surface area contributed by atoms with Gasteiger partial charge in [0.2, 0.25) is 0 Å². The zero-order valence-corrected chi connectivity index (χ0v) is 19.3. The first-order chi connectivity index (χ1) is 15.4. The molecular weight excluding hydrogens is 446 g/mol. The molecule has 32 heavy (non-hydrogen) atoms. The van der Waals surface area contributed by atoms with Crippen molar-refractivity contribution in [2.75, 3.05) is 42.4 Å². The summed E-state index contributed by atoms with van der Waals surface area (Å²) in [6.45, 7) is 2.38. The van der Waals surface area contributed by atoms with E-state index < -0.39 is 10.0 Å². The van der Waals surface area contributed by atoms with Gasteiger partial charge in [-0.1, -0.05) is 48.0 Å². The molecule has 1 fully saturated rings. The summed E-state index contributed by atoms with van der Waals surface area (Å²) in [7, 11) is -2.28. The molecule has 1 saturated heterocycles. The fourth-order valence-corrected chi connectivity index (χ4v) is 5.26. The number of rotatable bonds is 5. The highest BCUT2D eigenvalue weighted by Gasteiger charge is 2.26. The highest BCUT2D eigenvalue weighted by molar-refractivity contribution is 7.92. The predicted molar refractivity (Wildman–Crippen MR) is 128 cm³/mol. The summed E-state index contributed by atoms with van der Waals surface area (Å²) in [5, 5.41) is 0.688. The SMILES string of the molecule is CN(c1ccccc1)S(=O)(=O)c1cccc(C(=O)N2CCN(c3ccccc3Cl)CC2)c1. The van der Waals surface area contributed by atoms with Gasteiger partial charge < -0.3 is 9.80 Å². The second-order valence-corrected chi connectivity index (χ2v) is 9.94. The molecule has 166 valence electrons. The molecule has 0 bridgehead atoms. The summed E-state index contributed by atoms with van der Waals surface area (Å²) in [6.07, 6.45) is 0. The number of para-hydroxylation sites is 2. The standard InChI is InChI=1S/C24H24ClN3O3S/c1-26(20-9-3-2-4-10-20)32(30,31)21-11-7-8-19(18-21)24(29)28-16-14-27(15-17-28)23-13-6-5-12-22(23)25/h2-13,18H,14-17H2,1H3. The number of hydrogen-bond donors (Lipinski definition) is 0. The largest absolute Gasteiger partial charge is 0.367 e. The first-order valence-electron chi connectivity index (χ1n) is 10.3. The van der Waals surface area contributed by atoms with Crippen LogP contribution in [0, 0.1) is 0 Å². The normalized spacial score (nSPS) is 14.3. The maximum absolute atomic E-state index is 13.1. The number of sulfonamides is 1. The molecule has 6 nitrogen and oxygen atoms in total. The van der Waals surface area contributed by atoms with Crippen LogP contribution in [0.15, 0.2) is 83.8 Å². The van der Waals surface area contributed by atoms with Crippen molar-refractivity contribution < 1.29 is 13.2 Å². The molecule has 0 aromatic heterocycles. The van der Waals surface area contributed by atoms with Crippen LogP contribution in [0.25, 0.3) is 0 Å². The molecule has 3 aromatic carbocycles. The summed E-state index contributed by atoms with van der Waals surface area (Å²) in [6, 6.07) is 22.7. The number of halogens is 1. The molecule has 1 amide bonds. The van der Waals surface area contributed by atoms with E-state index in [4.69, 9.17) is 11.6 Å². The number of nitrogens with zero attached hydrogens (tertiary/aromatic N) is 3. The van der Waals surface area contributed by atoms with Crippen LogP contribution in [0.4, 0.5) is 11.4 Å². The van der Waals surface area contributed by atoms with Crippen molar-refractivity contribution in [2.24, 2.45) is 0 Å². The highest BCUT2D eigenvalue weighted by atomic mass is 35.5. The van der Waals surface area contributed by atoms with Crippen LogP contribution in [-0.2, 0) is 10.0 Å². The predicted octanol–water partition coefficient (Wildman–Crippen LogP) is 4.13. The van der Waals surface area contributed by atoms with Gasteiger partial charge in [0, 0.05) is 38.8 Å². The van der Waals surface area contributed by atoms with Gasteiger partial charge in [-0.05, 0) is 42.5 Å². The van der Waals surface area contributed by atoms with Gasteiger partial charge in [0.25, 0.3) is 15.9 Å². The molecular formula is C24H24ClN3O3S. The summed E-state index contributed by atoms with van der Waals surface area (Å²) < 4.78 is 27.4. The fourth-order valence-electron chi connectivity index (χ4n) is 3.77. The minimum Gasteiger partial charge on any atom is -0.367 e. The zero-order valence-electron chi connectivity index (χ0n) is 17.7. The average Bonchev–Trinajstić information content (AvgIpc) is 2.84. The molecule has 0 saturated carbocycles. The van der Waals surface area contributed by atoms with Gasteiger partial charge in [-0.25, -0.2) is 8.42 Å². The minimum atomic E-state index is -3.79. The molecule has 0 atom stereocenters. The maximum atomic E-state index is 13.1. The molecule has 1 heterocycles. The third kappa shape index (κ3) is 4.45. The lowest BCUT2D eigenvalue weighted by atomic mass is 10.1. The van der Waals surface area contributed by atoms with Crippen molar-refractivity contribution in [1.82, 2.24) is 4.90 Å². The summed E-state index contributed by atoms with van der Waals surface area (Å²) in [5.41, 5.74) is 1.87. The van der Waals surface area contributed by atoms with Crippen molar-refractivity contribution in [2.45, 2.75) is 4.90 Å². The number of piperazine rings is 1. The van der Waals surface area contributed by atoms with Crippen molar-refractivity contribution in [3.63, 3.8) is 0 Å². The Kier molecular flexibility index (Phi) is 6.39. The van der Waals surface area contributed by atoms with E-state index in [2.05, 4.69) is 4.90 Å². The van der Waals surface area contributed by atoms with E-state index in [0.29, 0.717) is 42.5 Å². The minimum absolute atomic E-state index is 0.0874. The van der Waals surface area contributed by atoms with Crippen LogP contribution < -0.4 is 9.21 Å². The molecule has 0 spiro atoms. The number of carbonyl (C=O) groups excluding carboxylic acids is 1. The first-order valence-corrected chi connectivity index (χ1v) is 12.1. The monoisotopic (exact) mass is 469 g/mol. The number of anilines is 2. The molecule has 0 aliphatic carbocycles. The van der Waals surface area contributed by atoms with Gasteiger partial charge in [0.1, 0.15) is 0 Å². The second-order valence-electron chi connectivity index (χ2n) is 7.57. The van der Waals surface area contributed by atoms with E-state index in [9.17, 15) is 13.2 Å². The zero-order chi connectivity index (χ0) is 22.7. The summed E-state index contributed by atoms with van der Waals surface area (Å²) in [4.78, 5) is 17.1. The van der Waals surface area contributed by atoms with E-state index in [1.54, 1.807) is 41.3 Å². The Morgan fingerprint density at radius 2 is 1.53 bits per heavy atom. The second kappa shape index (κ2) is 9.22. The molecule has 3 aromatic rings. The van der Waals surface area contributed by atoms with Crippen LogP contribution in [0.2, 0.25) is 5.02 Å². The van der Waals surface area contributed by atoms with Crippen molar-refractivity contribution in [3.8, 4) is 0 Å². The molecule has 1 aliphatic rings. The number of benzene rings is 3. The number of amides is 1. The Hall–Kier alpha value is -3.03. The van der Waals surface area contributed by atoms with E-state index in [-0.39, 0.29) is 10.8 Å². The quantitative estimate of drug-likeness (QED) is 0.563. The smallest absolute Gasteiger partial charge is 0.264 e. The van der Waals surface area contributed by atoms with E-state index in [1.165, 1.54) is 23.5 Å². The van der Waals surface area contributed by atoms with Gasteiger partial charge in [0.05, 0.1) is 21.3 Å². The van der Waals surface area contributed by atoms with Crippen molar-refractivity contribution >= 4 is 38.9 Å². The van der Waals surface area contributed by atoms with Crippen LogP contribution in [0.3, 0.4) is 0 Å². The summed E-state index contributed by atoms with van der Waals surface area (Å²) in [5.74, 6) is -0.178. The Labute approximate surface area is 193 Å². The third-order valence-corrected chi connectivity index (χ3v) is 7.72. The highest BCUT2D eigenvalue weighted by Crippen LogP contribution is 2.27. The average molecular weight is 470 g/mol. The Morgan fingerprint density at radius 1 is 0.875 bits per heavy atom. The fraction of sp³-hybridized carbons (Fsp3) is 0.208. The summed E-state index contributed by atoms with van der Waals surface area (Å²) >= 11 is 6.30. The number of carbonyl (C=O) groups is 1.